The first-order valence-corrected chi connectivity index (χ1v) is 3.71. The second-order valence-electron chi connectivity index (χ2n) is 2.96. The van der Waals surface area contributed by atoms with Crippen molar-refractivity contribution in [2.75, 3.05) is 13.1 Å². The number of nitrogens with zero attached hydrogens (tertiary/aromatic N) is 1. The van der Waals surface area contributed by atoms with Gasteiger partial charge in [0.15, 0.2) is 0 Å². The van der Waals surface area contributed by atoms with Crippen LogP contribution in [0.5, 0.6) is 0 Å². The summed E-state index contributed by atoms with van der Waals surface area (Å²) in [5, 5.41) is 3.38. The van der Waals surface area contributed by atoms with Gasteiger partial charge in [0, 0.05) is 19.1 Å². The van der Waals surface area contributed by atoms with Crippen LogP contribution in [-0.4, -0.2) is 30.2 Å². The predicted octanol–water partition coefficient (Wildman–Crippen LogP) is 0.646. The average molecular weight is 128 g/mol. The Morgan fingerprint density at radius 3 is 2.44 bits per heavy atom. The second kappa shape index (κ2) is 2.67. The molecule has 0 aromatic carbocycles. The Balaban J connectivity index is 2.40. The fourth-order valence-corrected chi connectivity index (χ4v) is 1.42. The molecule has 1 heterocycles. The van der Waals surface area contributed by atoms with Crippen molar-refractivity contribution in [1.29, 1.82) is 0 Å². The summed E-state index contributed by atoms with van der Waals surface area (Å²) < 4.78 is 0. The first kappa shape index (κ1) is 7.03. The van der Waals surface area contributed by atoms with Crippen LogP contribution >= 0.6 is 0 Å². The molecule has 9 heavy (non-hydrogen) atoms. The first-order valence-electron chi connectivity index (χ1n) is 3.71. The van der Waals surface area contributed by atoms with Gasteiger partial charge in [-0.2, -0.15) is 0 Å². The molecule has 0 saturated carbocycles. The molecule has 2 heteroatoms. The summed E-state index contributed by atoms with van der Waals surface area (Å²) in [4.78, 5) is 2.46. The van der Waals surface area contributed by atoms with Crippen molar-refractivity contribution in [2.45, 2.75) is 33.0 Å². The topological polar surface area (TPSA) is 15.3 Å². The highest BCUT2D eigenvalue weighted by molar-refractivity contribution is 4.76. The van der Waals surface area contributed by atoms with Crippen LogP contribution in [0, 0.1) is 0 Å². The molecular weight excluding hydrogens is 112 g/mol. The molecule has 1 N–H and O–H groups in total. The van der Waals surface area contributed by atoms with Crippen LogP contribution in [0.3, 0.4) is 0 Å². The van der Waals surface area contributed by atoms with Gasteiger partial charge in [0.25, 0.3) is 0 Å². The van der Waals surface area contributed by atoms with E-state index in [4.69, 9.17) is 0 Å². The molecule has 0 amide bonds. The lowest BCUT2D eigenvalue weighted by molar-refractivity contribution is 0.207. The molecule has 1 atom stereocenters. The van der Waals surface area contributed by atoms with Crippen LogP contribution in [0.4, 0.5) is 0 Å². The van der Waals surface area contributed by atoms with Gasteiger partial charge in [-0.25, -0.2) is 0 Å². The van der Waals surface area contributed by atoms with E-state index >= 15 is 0 Å². The van der Waals surface area contributed by atoms with E-state index in [1.54, 1.807) is 0 Å². The highest BCUT2D eigenvalue weighted by Gasteiger charge is 2.20. The molecule has 0 spiro atoms. The summed E-state index contributed by atoms with van der Waals surface area (Å²) in [6.07, 6.45) is 0.588. The summed E-state index contributed by atoms with van der Waals surface area (Å²) >= 11 is 0. The highest BCUT2D eigenvalue weighted by atomic mass is 15.3. The molecule has 1 unspecified atom stereocenters. The largest absolute Gasteiger partial charge is 0.301 e. The third-order valence-electron chi connectivity index (χ3n) is 1.97. The van der Waals surface area contributed by atoms with E-state index in [0.717, 1.165) is 6.54 Å². The lowest BCUT2D eigenvalue weighted by atomic mass is 10.3. The highest BCUT2D eigenvalue weighted by Crippen LogP contribution is 2.06. The molecule has 0 bridgehead atoms. The fraction of sp³-hybridized carbons (Fsp3) is 1.00. The summed E-state index contributed by atoms with van der Waals surface area (Å²) in [6.45, 7) is 9.05. The maximum absolute atomic E-state index is 3.38. The van der Waals surface area contributed by atoms with Gasteiger partial charge in [0.05, 0.1) is 6.17 Å². The van der Waals surface area contributed by atoms with Crippen molar-refractivity contribution in [3.8, 4) is 0 Å². The molecule has 54 valence electrons. The molecule has 0 aromatic rings. The summed E-state index contributed by atoms with van der Waals surface area (Å²) in [6, 6.07) is 0.690. The van der Waals surface area contributed by atoms with Crippen LogP contribution in [-0.2, 0) is 0 Å². The lowest BCUT2D eigenvalue weighted by Crippen LogP contribution is -2.37. The Morgan fingerprint density at radius 2 is 2.22 bits per heavy atom. The third kappa shape index (κ3) is 1.43. The maximum Gasteiger partial charge on any atom is 0.0571 e. The fourth-order valence-electron chi connectivity index (χ4n) is 1.42. The van der Waals surface area contributed by atoms with Crippen molar-refractivity contribution >= 4 is 0 Å². The number of nitrogens with one attached hydrogen (secondary N) is 1. The summed E-state index contributed by atoms with van der Waals surface area (Å²) in [5.41, 5.74) is 0. The van der Waals surface area contributed by atoms with Gasteiger partial charge in [-0.3, -0.25) is 4.90 Å². The molecule has 0 aromatic heterocycles. The van der Waals surface area contributed by atoms with Gasteiger partial charge in [-0.15, -0.1) is 0 Å². The smallest absolute Gasteiger partial charge is 0.0571 e. The summed E-state index contributed by atoms with van der Waals surface area (Å²) in [5.74, 6) is 0. The van der Waals surface area contributed by atoms with E-state index < -0.39 is 0 Å². The van der Waals surface area contributed by atoms with Gasteiger partial charge in [-0.1, -0.05) is 0 Å². The minimum atomic E-state index is 0.588. The lowest BCUT2D eigenvalue weighted by Gasteiger charge is -2.24. The van der Waals surface area contributed by atoms with Crippen molar-refractivity contribution in [2.24, 2.45) is 0 Å². The molecule has 2 nitrogen and oxygen atoms in total. The standard InChI is InChI=1S/C7H16N2/c1-6(2)9-5-4-8-7(9)3/h6-8H,4-5H2,1-3H3. The Labute approximate surface area is 57.2 Å². The average Bonchev–Trinajstić information content (AvgIpc) is 2.13. The monoisotopic (exact) mass is 128 g/mol. The quantitative estimate of drug-likeness (QED) is 0.557. The van der Waals surface area contributed by atoms with Crippen molar-refractivity contribution in [3.05, 3.63) is 0 Å². The zero-order chi connectivity index (χ0) is 6.85. The van der Waals surface area contributed by atoms with Gasteiger partial charge in [-0.05, 0) is 20.8 Å². The predicted molar refractivity (Wildman–Crippen MR) is 39.3 cm³/mol. The van der Waals surface area contributed by atoms with E-state index in [9.17, 15) is 0 Å². The number of hydrogen-bond donors (Lipinski definition) is 1. The Kier molecular flexibility index (Phi) is 2.09. The van der Waals surface area contributed by atoms with E-state index in [1.165, 1.54) is 6.54 Å². The minimum absolute atomic E-state index is 0.588. The molecule has 1 fully saturated rings. The molecule has 1 rings (SSSR count). The minimum Gasteiger partial charge on any atom is -0.301 e. The van der Waals surface area contributed by atoms with Gasteiger partial charge >= 0.3 is 0 Å². The molecule has 0 radical (unpaired) electrons. The summed E-state index contributed by atoms with van der Waals surface area (Å²) in [7, 11) is 0. The number of rotatable bonds is 1. The van der Waals surface area contributed by atoms with Crippen LogP contribution in [0.15, 0.2) is 0 Å². The van der Waals surface area contributed by atoms with Crippen LogP contribution < -0.4 is 5.32 Å². The molecule has 1 aliphatic heterocycles. The first-order chi connectivity index (χ1) is 4.22. The normalized spacial score (nSPS) is 30.0. The SMILES string of the molecule is CC(C)N1CCNC1C. The van der Waals surface area contributed by atoms with E-state index in [-0.39, 0.29) is 0 Å². The van der Waals surface area contributed by atoms with Crippen LogP contribution in [0.1, 0.15) is 20.8 Å². The van der Waals surface area contributed by atoms with E-state index in [1.807, 2.05) is 0 Å². The van der Waals surface area contributed by atoms with Crippen molar-refractivity contribution in [3.63, 3.8) is 0 Å². The van der Waals surface area contributed by atoms with Crippen molar-refractivity contribution in [1.82, 2.24) is 10.2 Å². The van der Waals surface area contributed by atoms with Crippen LogP contribution in [0.25, 0.3) is 0 Å². The Hall–Kier alpha value is -0.0800. The van der Waals surface area contributed by atoms with Gasteiger partial charge in [0.1, 0.15) is 0 Å². The van der Waals surface area contributed by atoms with E-state index in [2.05, 4.69) is 31.0 Å². The second-order valence-corrected chi connectivity index (χ2v) is 2.96. The number of hydrogen-bond acceptors (Lipinski definition) is 2. The molecular formula is C7H16N2. The third-order valence-corrected chi connectivity index (χ3v) is 1.97. The maximum atomic E-state index is 3.38. The van der Waals surface area contributed by atoms with Crippen molar-refractivity contribution < 1.29 is 0 Å². The van der Waals surface area contributed by atoms with Gasteiger partial charge in [0.2, 0.25) is 0 Å². The molecule has 1 saturated heterocycles. The zero-order valence-electron chi connectivity index (χ0n) is 6.52. The zero-order valence-corrected chi connectivity index (χ0v) is 6.52. The van der Waals surface area contributed by atoms with E-state index in [0.29, 0.717) is 12.2 Å². The van der Waals surface area contributed by atoms with Crippen LogP contribution in [0.2, 0.25) is 0 Å². The Bertz CT molecular complexity index is 90.9. The molecule has 0 aliphatic carbocycles. The Morgan fingerprint density at radius 1 is 1.56 bits per heavy atom. The van der Waals surface area contributed by atoms with Gasteiger partial charge < -0.3 is 5.32 Å². The molecule has 1 aliphatic rings.